The maximum Gasteiger partial charge on any atom is 0.164 e. The van der Waals surface area contributed by atoms with Crippen molar-refractivity contribution >= 4 is 5.65 Å². The van der Waals surface area contributed by atoms with Crippen LogP contribution in [0.3, 0.4) is 0 Å². The van der Waals surface area contributed by atoms with E-state index in [1.807, 2.05) is 109 Å². The van der Waals surface area contributed by atoms with Gasteiger partial charge in [0.1, 0.15) is 5.65 Å². The molecule has 0 radical (unpaired) electrons. The van der Waals surface area contributed by atoms with Gasteiger partial charge in [0.2, 0.25) is 0 Å². The van der Waals surface area contributed by atoms with Gasteiger partial charge in [0.05, 0.1) is 7.06 Å². The van der Waals surface area contributed by atoms with Gasteiger partial charge in [-0.25, -0.2) is 19.9 Å². The fourth-order valence-corrected chi connectivity index (χ4v) is 3.75. The highest BCUT2D eigenvalue weighted by Gasteiger charge is 2.13. The van der Waals surface area contributed by atoms with Crippen molar-refractivity contribution in [3.63, 3.8) is 0 Å². The van der Waals surface area contributed by atoms with Crippen LogP contribution in [-0.4, -0.2) is 24.3 Å². The first-order valence-electron chi connectivity index (χ1n) is 11.2. The molecule has 5 nitrogen and oxygen atoms in total. The summed E-state index contributed by atoms with van der Waals surface area (Å²) in [7, 11) is 0. The highest BCUT2D eigenvalue weighted by molar-refractivity contribution is 5.71. The Labute approximate surface area is 192 Å². The maximum absolute atomic E-state index is 8.58. The fraction of sp³-hybridized carbons (Fsp3) is 0. The number of pyridine rings is 1. The Morgan fingerprint density at radius 1 is 0.515 bits per heavy atom. The van der Waals surface area contributed by atoms with E-state index in [9.17, 15) is 0 Å². The van der Waals surface area contributed by atoms with E-state index < -0.39 is 0 Å². The van der Waals surface area contributed by atoms with E-state index in [-0.39, 0.29) is 0 Å². The molecular formula is C28H19N5. The van der Waals surface area contributed by atoms with Crippen LogP contribution in [0.4, 0.5) is 0 Å². The van der Waals surface area contributed by atoms with Gasteiger partial charge in [-0.1, -0.05) is 84.9 Å². The standard InChI is InChI=1S/C28H19N5/c1-3-10-20(11-4-1)26-30-27(21-12-5-2-6-13-21)32-28(31-26)23-15-9-14-22(18-23)24-19-33-17-8-7-16-25(33)29-24/h1-19H/i19D. The summed E-state index contributed by atoms with van der Waals surface area (Å²) < 4.78 is 10.4. The molecule has 3 aromatic carbocycles. The van der Waals surface area contributed by atoms with Crippen LogP contribution in [-0.2, 0) is 0 Å². The van der Waals surface area contributed by atoms with E-state index >= 15 is 0 Å². The first-order chi connectivity index (χ1) is 16.8. The minimum atomic E-state index is 0.346. The number of nitrogens with zero attached hydrogens (tertiary/aromatic N) is 5. The second-order valence-corrected chi connectivity index (χ2v) is 7.62. The van der Waals surface area contributed by atoms with Crippen LogP contribution in [0, 0.1) is 0 Å². The van der Waals surface area contributed by atoms with Crippen molar-refractivity contribution < 1.29 is 1.37 Å². The third-order valence-corrected chi connectivity index (χ3v) is 5.38. The largest absolute Gasteiger partial charge is 0.306 e. The van der Waals surface area contributed by atoms with Crippen molar-refractivity contribution in [3.05, 3.63) is 115 Å². The van der Waals surface area contributed by atoms with Crippen molar-refractivity contribution in [2.75, 3.05) is 0 Å². The van der Waals surface area contributed by atoms with Crippen LogP contribution in [0.25, 0.3) is 51.1 Å². The van der Waals surface area contributed by atoms with Gasteiger partial charge in [0.15, 0.2) is 17.5 Å². The van der Waals surface area contributed by atoms with Crippen LogP contribution < -0.4 is 0 Å². The van der Waals surface area contributed by atoms with Crippen molar-refractivity contribution in [2.24, 2.45) is 0 Å². The van der Waals surface area contributed by atoms with Gasteiger partial charge >= 0.3 is 0 Å². The molecule has 0 aliphatic carbocycles. The lowest BCUT2D eigenvalue weighted by molar-refractivity contribution is 1.07. The van der Waals surface area contributed by atoms with Crippen molar-refractivity contribution in [1.29, 1.82) is 0 Å². The Hall–Kier alpha value is -4.64. The Morgan fingerprint density at radius 2 is 1.06 bits per heavy atom. The first-order valence-corrected chi connectivity index (χ1v) is 10.7. The summed E-state index contributed by atoms with van der Waals surface area (Å²) in [5, 5.41) is 0. The third kappa shape index (κ3) is 3.77. The number of benzene rings is 3. The van der Waals surface area contributed by atoms with Crippen molar-refractivity contribution in [2.45, 2.75) is 0 Å². The summed E-state index contributed by atoms with van der Waals surface area (Å²) in [6.45, 7) is 0. The van der Waals surface area contributed by atoms with Gasteiger partial charge in [-0.05, 0) is 18.2 Å². The first kappa shape index (κ1) is 18.0. The second-order valence-electron chi connectivity index (χ2n) is 7.62. The second kappa shape index (κ2) is 8.13. The number of rotatable bonds is 4. The zero-order valence-electron chi connectivity index (χ0n) is 18.6. The minimum Gasteiger partial charge on any atom is -0.306 e. The smallest absolute Gasteiger partial charge is 0.164 e. The summed E-state index contributed by atoms with van der Waals surface area (Å²) in [5.74, 6) is 1.80. The van der Waals surface area contributed by atoms with Gasteiger partial charge in [-0.3, -0.25) is 0 Å². The zero-order valence-corrected chi connectivity index (χ0v) is 17.6. The molecule has 156 valence electrons. The Kier molecular flexibility index (Phi) is 4.43. The molecule has 0 saturated carbocycles. The van der Waals surface area contributed by atoms with E-state index in [1.165, 1.54) is 0 Å². The lowest BCUT2D eigenvalue weighted by atomic mass is 10.1. The number of aromatic nitrogens is 5. The monoisotopic (exact) mass is 426 g/mol. The average Bonchev–Trinajstić information content (AvgIpc) is 3.26. The highest BCUT2D eigenvalue weighted by atomic mass is 15.0. The molecule has 0 N–H and O–H groups in total. The molecule has 3 aromatic heterocycles. The van der Waals surface area contributed by atoms with Crippen LogP contribution in [0.2, 0.25) is 0 Å². The van der Waals surface area contributed by atoms with E-state index in [4.69, 9.17) is 16.3 Å². The molecule has 33 heavy (non-hydrogen) atoms. The van der Waals surface area contributed by atoms with E-state index in [2.05, 4.69) is 4.98 Å². The summed E-state index contributed by atoms with van der Waals surface area (Å²) in [6.07, 6.45) is 2.20. The molecule has 0 fully saturated rings. The summed E-state index contributed by atoms with van der Waals surface area (Å²) >= 11 is 0. The fourth-order valence-electron chi connectivity index (χ4n) is 3.75. The molecule has 0 bridgehead atoms. The van der Waals surface area contributed by atoms with Gasteiger partial charge in [0.25, 0.3) is 0 Å². The van der Waals surface area contributed by atoms with Crippen LogP contribution in [0.5, 0.6) is 0 Å². The quantitative estimate of drug-likeness (QED) is 0.337. The van der Waals surface area contributed by atoms with Crippen molar-refractivity contribution in [3.8, 4) is 45.4 Å². The molecule has 0 aliphatic rings. The Morgan fingerprint density at radius 3 is 1.70 bits per heavy atom. The molecule has 5 heteroatoms. The molecular weight excluding hydrogens is 406 g/mol. The van der Waals surface area contributed by atoms with E-state index in [1.54, 1.807) is 4.40 Å². The third-order valence-electron chi connectivity index (χ3n) is 5.38. The zero-order chi connectivity index (χ0) is 22.9. The molecule has 0 saturated heterocycles. The topological polar surface area (TPSA) is 56.0 Å². The average molecular weight is 427 g/mol. The highest BCUT2D eigenvalue weighted by Crippen LogP contribution is 2.27. The molecule has 0 aliphatic heterocycles. The van der Waals surface area contributed by atoms with Crippen LogP contribution >= 0.6 is 0 Å². The van der Waals surface area contributed by atoms with Crippen LogP contribution in [0.1, 0.15) is 1.37 Å². The lowest BCUT2D eigenvalue weighted by Gasteiger charge is -2.09. The SMILES string of the molecule is [2H]c1c(-c2cccc(-c3nc(-c4ccccc4)nc(-c4ccccc4)n3)c2)nc2ccccn12. The minimum absolute atomic E-state index is 0.346. The van der Waals surface area contributed by atoms with E-state index in [0.717, 1.165) is 27.9 Å². The Balaban J connectivity index is 1.51. The van der Waals surface area contributed by atoms with Gasteiger partial charge < -0.3 is 4.40 Å². The predicted octanol–water partition coefficient (Wildman–Crippen LogP) is 6.19. The molecule has 0 amide bonds. The summed E-state index contributed by atoms with van der Waals surface area (Å²) in [4.78, 5) is 19.0. The molecule has 6 rings (SSSR count). The van der Waals surface area contributed by atoms with E-state index in [0.29, 0.717) is 29.3 Å². The lowest BCUT2D eigenvalue weighted by Crippen LogP contribution is -2.00. The van der Waals surface area contributed by atoms with Gasteiger partial charge in [-0.2, -0.15) is 0 Å². The summed E-state index contributed by atoms with van der Waals surface area (Å²) in [5.41, 5.74) is 4.89. The molecule has 0 spiro atoms. The number of hydrogen-bond donors (Lipinski definition) is 0. The molecule has 0 unspecified atom stereocenters. The van der Waals surface area contributed by atoms with Gasteiger partial charge in [0, 0.05) is 34.6 Å². The number of imidazole rings is 1. The van der Waals surface area contributed by atoms with Gasteiger partial charge in [-0.15, -0.1) is 0 Å². The Bertz CT molecular complexity index is 1550. The molecule has 3 heterocycles. The number of hydrogen-bond acceptors (Lipinski definition) is 4. The van der Waals surface area contributed by atoms with Crippen LogP contribution in [0.15, 0.2) is 115 Å². The summed E-state index contributed by atoms with van der Waals surface area (Å²) in [6, 6.07) is 33.4. The number of fused-ring (bicyclic) bond motifs is 1. The maximum atomic E-state index is 8.58. The normalized spacial score (nSPS) is 11.5. The molecule has 6 aromatic rings. The molecule has 0 atom stereocenters. The van der Waals surface area contributed by atoms with Crippen molar-refractivity contribution in [1.82, 2.24) is 24.3 Å². The predicted molar refractivity (Wildman–Crippen MR) is 130 cm³/mol.